The van der Waals surface area contributed by atoms with Crippen LogP contribution in [0.2, 0.25) is 0 Å². The number of nitrogens with one attached hydrogen (secondary N) is 2. The van der Waals surface area contributed by atoms with E-state index in [4.69, 9.17) is 0 Å². The first kappa shape index (κ1) is 11.5. The summed E-state index contributed by atoms with van der Waals surface area (Å²) in [5.41, 5.74) is 1.43. The van der Waals surface area contributed by atoms with Crippen molar-refractivity contribution in [2.24, 2.45) is 0 Å². The highest BCUT2D eigenvalue weighted by Crippen LogP contribution is 2.13. The molecule has 1 rings (SSSR count). The minimum absolute atomic E-state index is 0.0127. The maximum atomic E-state index is 12.9. The van der Waals surface area contributed by atoms with Crippen molar-refractivity contribution in [1.82, 2.24) is 5.32 Å². The number of anilines is 1. The van der Waals surface area contributed by atoms with E-state index >= 15 is 0 Å². The second kappa shape index (κ2) is 5.34. The van der Waals surface area contributed by atoms with E-state index in [-0.39, 0.29) is 11.7 Å². The first-order valence-corrected chi connectivity index (χ1v) is 4.84. The van der Waals surface area contributed by atoms with E-state index in [1.807, 2.05) is 0 Å². The molecule has 0 aliphatic carbocycles. The van der Waals surface area contributed by atoms with Crippen molar-refractivity contribution in [2.75, 3.05) is 18.9 Å². The quantitative estimate of drug-likeness (QED) is 0.794. The Kier molecular flexibility index (Phi) is 4.09. The number of halogens is 1. The lowest BCUT2D eigenvalue weighted by atomic mass is 10.2. The zero-order valence-electron chi connectivity index (χ0n) is 8.93. The van der Waals surface area contributed by atoms with Crippen LogP contribution in [0.4, 0.5) is 10.1 Å². The molecule has 2 N–H and O–H groups in total. The largest absolute Gasteiger partial charge is 0.385 e. The molecule has 1 aromatic rings. The molecule has 0 atom stereocenters. The highest BCUT2D eigenvalue weighted by Gasteiger charge is 2.00. The molecule has 0 aliphatic heterocycles. The molecule has 1 amide bonds. The van der Waals surface area contributed by atoms with Gasteiger partial charge >= 0.3 is 0 Å². The van der Waals surface area contributed by atoms with Crippen LogP contribution in [0.25, 0.3) is 0 Å². The van der Waals surface area contributed by atoms with Crippen LogP contribution in [0, 0.1) is 12.7 Å². The van der Waals surface area contributed by atoms with Crippen LogP contribution in [0.15, 0.2) is 18.2 Å². The summed E-state index contributed by atoms with van der Waals surface area (Å²) < 4.78 is 12.9. The Morgan fingerprint density at radius 3 is 2.80 bits per heavy atom. The maximum Gasteiger partial charge on any atom is 0.221 e. The summed E-state index contributed by atoms with van der Waals surface area (Å²) in [6.45, 7) is 2.25. The van der Waals surface area contributed by atoms with Crippen LogP contribution < -0.4 is 10.6 Å². The lowest BCUT2D eigenvalue weighted by Crippen LogP contribution is -2.20. The Hall–Kier alpha value is -1.58. The van der Waals surface area contributed by atoms with Crippen LogP contribution in [0.3, 0.4) is 0 Å². The number of carbonyl (C=O) groups excluding carboxylic acids is 1. The van der Waals surface area contributed by atoms with Crippen LogP contribution >= 0.6 is 0 Å². The van der Waals surface area contributed by atoms with Crippen LogP contribution in [0.5, 0.6) is 0 Å². The van der Waals surface area contributed by atoms with Crippen molar-refractivity contribution < 1.29 is 9.18 Å². The van der Waals surface area contributed by atoms with Crippen molar-refractivity contribution >= 4 is 11.6 Å². The van der Waals surface area contributed by atoms with Gasteiger partial charge in [-0.2, -0.15) is 0 Å². The lowest BCUT2D eigenvalue weighted by molar-refractivity contribution is -0.120. The first-order chi connectivity index (χ1) is 7.13. The summed E-state index contributed by atoms with van der Waals surface area (Å²) in [4.78, 5) is 10.9. The summed E-state index contributed by atoms with van der Waals surface area (Å²) in [6.07, 6.45) is 0.410. The van der Waals surface area contributed by atoms with Gasteiger partial charge < -0.3 is 10.6 Å². The van der Waals surface area contributed by atoms with Crippen LogP contribution in [-0.2, 0) is 4.79 Å². The normalized spacial score (nSPS) is 9.80. The molecular weight excluding hydrogens is 195 g/mol. The molecule has 0 spiro atoms. The summed E-state index contributed by atoms with van der Waals surface area (Å²) >= 11 is 0. The van der Waals surface area contributed by atoms with Crippen molar-refractivity contribution in [1.29, 1.82) is 0 Å². The SMILES string of the molecule is CNC(=O)CCNc1ccc(F)c(C)c1. The molecule has 0 aliphatic rings. The van der Waals surface area contributed by atoms with Gasteiger partial charge in [-0.1, -0.05) is 0 Å². The molecule has 0 bridgehead atoms. The molecule has 0 radical (unpaired) electrons. The fourth-order valence-electron chi connectivity index (χ4n) is 1.20. The van der Waals surface area contributed by atoms with E-state index in [1.54, 1.807) is 26.1 Å². The predicted octanol–water partition coefficient (Wildman–Crippen LogP) is 1.68. The van der Waals surface area contributed by atoms with Crippen molar-refractivity contribution in [3.63, 3.8) is 0 Å². The molecule has 0 unspecified atom stereocenters. The molecule has 3 nitrogen and oxygen atoms in total. The Labute approximate surface area is 88.7 Å². The Bertz CT molecular complexity index is 352. The van der Waals surface area contributed by atoms with E-state index in [1.165, 1.54) is 6.07 Å². The highest BCUT2D eigenvalue weighted by atomic mass is 19.1. The molecule has 0 saturated heterocycles. The fourth-order valence-corrected chi connectivity index (χ4v) is 1.20. The Morgan fingerprint density at radius 2 is 2.20 bits per heavy atom. The van der Waals surface area contributed by atoms with Gasteiger partial charge in [0.1, 0.15) is 5.82 Å². The third-order valence-electron chi connectivity index (χ3n) is 2.12. The Balaban J connectivity index is 2.44. The van der Waals surface area contributed by atoms with Gasteiger partial charge in [0.2, 0.25) is 5.91 Å². The van der Waals surface area contributed by atoms with E-state index < -0.39 is 0 Å². The standard InChI is InChI=1S/C11H15FN2O/c1-8-7-9(3-4-10(8)12)14-6-5-11(15)13-2/h3-4,7,14H,5-6H2,1-2H3,(H,13,15). The van der Waals surface area contributed by atoms with Gasteiger partial charge in [0.05, 0.1) is 0 Å². The zero-order valence-corrected chi connectivity index (χ0v) is 8.93. The number of benzene rings is 1. The van der Waals surface area contributed by atoms with Gasteiger partial charge in [0.25, 0.3) is 0 Å². The molecule has 82 valence electrons. The van der Waals surface area contributed by atoms with Crippen LogP contribution in [-0.4, -0.2) is 19.5 Å². The van der Waals surface area contributed by atoms with Gasteiger partial charge in [0, 0.05) is 25.7 Å². The van der Waals surface area contributed by atoms with Gasteiger partial charge in [-0.3, -0.25) is 4.79 Å². The molecule has 1 aromatic carbocycles. The third-order valence-corrected chi connectivity index (χ3v) is 2.12. The number of carbonyl (C=O) groups is 1. The van der Waals surface area contributed by atoms with E-state index in [0.29, 0.717) is 18.5 Å². The molecule has 0 saturated carbocycles. The molecular formula is C11H15FN2O. The average Bonchev–Trinajstić information content (AvgIpc) is 2.23. The summed E-state index contributed by atoms with van der Waals surface area (Å²) in [5, 5.41) is 5.58. The molecule has 0 fully saturated rings. The molecule has 0 aromatic heterocycles. The molecule has 4 heteroatoms. The number of aryl methyl sites for hydroxylation is 1. The van der Waals surface area contributed by atoms with Crippen molar-refractivity contribution in [3.8, 4) is 0 Å². The topological polar surface area (TPSA) is 41.1 Å². The van der Waals surface area contributed by atoms with E-state index in [0.717, 1.165) is 5.69 Å². The van der Waals surface area contributed by atoms with Crippen molar-refractivity contribution in [2.45, 2.75) is 13.3 Å². The highest BCUT2D eigenvalue weighted by molar-refractivity contribution is 5.76. The number of rotatable bonds is 4. The van der Waals surface area contributed by atoms with Gasteiger partial charge in [-0.25, -0.2) is 4.39 Å². The summed E-state index contributed by atoms with van der Waals surface area (Å²) in [7, 11) is 1.60. The number of hydrogen-bond acceptors (Lipinski definition) is 2. The van der Waals surface area contributed by atoms with Gasteiger partial charge in [-0.05, 0) is 30.7 Å². The number of hydrogen-bond donors (Lipinski definition) is 2. The molecule has 15 heavy (non-hydrogen) atoms. The summed E-state index contributed by atoms with van der Waals surface area (Å²) in [5.74, 6) is -0.229. The number of amides is 1. The van der Waals surface area contributed by atoms with E-state index in [9.17, 15) is 9.18 Å². The smallest absolute Gasteiger partial charge is 0.221 e. The summed E-state index contributed by atoms with van der Waals surface area (Å²) in [6, 6.07) is 4.79. The minimum Gasteiger partial charge on any atom is -0.385 e. The van der Waals surface area contributed by atoms with Gasteiger partial charge in [-0.15, -0.1) is 0 Å². The first-order valence-electron chi connectivity index (χ1n) is 4.84. The predicted molar refractivity (Wildman–Crippen MR) is 58.3 cm³/mol. The maximum absolute atomic E-state index is 12.9. The minimum atomic E-state index is -0.216. The average molecular weight is 210 g/mol. The third kappa shape index (κ3) is 3.58. The van der Waals surface area contributed by atoms with Crippen LogP contribution in [0.1, 0.15) is 12.0 Å². The second-order valence-electron chi connectivity index (χ2n) is 3.31. The van der Waals surface area contributed by atoms with Crippen molar-refractivity contribution in [3.05, 3.63) is 29.6 Å². The zero-order chi connectivity index (χ0) is 11.3. The molecule has 0 heterocycles. The monoisotopic (exact) mass is 210 g/mol. The van der Waals surface area contributed by atoms with Gasteiger partial charge in [0.15, 0.2) is 0 Å². The van der Waals surface area contributed by atoms with E-state index in [2.05, 4.69) is 10.6 Å². The second-order valence-corrected chi connectivity index (χ2v) is 3.31. The lowest BCUT2D eigenvalue weighted by Gasteiger charge is -2.06. The Morgan fingerprint density at radius 1 is 1.47 bits per heavy atom. The fraction of sp³-hybridized carbons (Fsp3) is 0.364.